The van der Waals surface area contributed by atoms with Crippen molar-refractivity contribution in [3.8, 4) is 17.2 Å². The second kappa shape index (κ2) is 12.1. The molecule has 1 saturated heterocycles. The average Bonchev–Trinajstić information content (AvgIpc) is 3.20. The van der Waals surface area contributed by atoms with Crippen molar-refractivity contribution in [1.82, 2.24) is 4.90 Å². The third kappa shape index (κ3) is 5.93. The second-order valence-electron chi connectivity index (χ2n) is 10.0. The number of amides is 1. The van der Waals surface area contributed by atoms with Crippen molar-refractivity contribution in [1.29, 1.82) is 0 Å². The molecule has 7 heteroatoms. The molecule has 39 heavy (non-hydrogen) atoms. The van der Waals surface area contributed by atoms with E-state index in [-0.39, 0.29) is 17.9 Å². The van der Waals surface area contributed by atoms with E-state index in [0.29, 0.717) is 36.0 Å². The van der Waals surface area contributed by atoms with Gasteiger partial charge in [0.05, 0.1) is 32.4 Å². The van der Waals surface area contributed by atoms with Gasteiger partial charge in [0.2, 0.25) is 0 Å². The van der Waals surface area contributed by atoms with E-state index in [4.69, 9.17) is 14.2 Å². The van der Waals surface area contributed by atoms with Crippen LogP contribution in [0.15, 0.2) is 72.3 Å². The molecule has 204 valence electrons. The van der Waals surface area contributed by atoms with Crippen LogP contribution in [-0.4, -0.2) is 49.1 Å². The molecule has 1 atom stereocenters. The summed E-state index contributed by atoms with van der Waals surface area (Å²) in [7, 11) is 3.14. The highest BCUT2D eigenvalue weighted by Gasteiger charge is 2.45. The number of carbonyl (C=O) groups is 2. The summed E-state index contributed by atoms with van der Waals surface area (Å²) < 4.78 is 16.6. The fraction of sp³-hybridized carbons (Fsp3) is 0.312. The molecule has 0 radical (unpaired) electrons. The van der Waals surface area contributed by atoms with Crippen molar-refractivity contribution < 1.29 is 28.9 Å². The molecule has 0 aliphatic carbocycles. The molecule has 4 rings (SSSR count). The lowest BCUT2D eigenvalue weighted by Gasteiger charge is -2.25. The van der Waals surface area contributed by atoms with Crippen molar-refractivity contribution in [2.75, 3.05) is 27.4 Å². The van der Waals surface area contributed by atoms with Gasteiger partial charge < -0.3 is 24.2 Å². The maximum absolute atomic E-state index is 13.4. The average molecular weight is 530 g/mol. The molecule has 1 amide bonds. The van der Waals surface area contributed by atoms with Crippen LogP contribution in [0.25, 0.3) is 5.76 Å². The number of hydrogen-bond donors (Lipinski definition) is 1. The Morgan fingerprint density at radius 3 is 2.26 bits per heavy atom. The summed E-state index contributed by atoms with van der Waals surface area (Å²) in [6, 6.07) is 19.5. The molecular weight excluding hydrogens is 494 g/mol. The van der Waals surface area contributed by atoms with Crippen molar-refractivity contribution >= 4 is 17.4 Å². The molecule has 3 aromatic carbocycles. The number of ether oxygens (including phenoxy) is 3. The van der Waals surface area contributed by atoms with Crippen molar-refractivity contribution in [2.45, 2.75) is 33.2 Å². The third-order valence-electron chi connectivity index (χ3n) is 6.77. The summed E-state index contributed by atoms with van der Waals surface area (Å²) in [5.74, 6) is 0.753. The minimum absolute atomic E-state index is 0.0776. The number of benzene rings is 3. The molecule has 0 spiro atoms. The fourth-order valence-corrected chi connectivity index (χ4v) is 4.75. The zero-order chi connectivity index (χ0) is 28.1. The Balaban J connectivity index is 1.70. The predicted octanol–water partition coefficient (Wildman–Crippen LogP) is 5.71. The molecule has 0 aromatic heterocycles. The smallest absolute Gasteiger partial charge is 0.295 e. The minimum Gasteiger partial charge on any atom is -0.507 e. The standard InChI is InChI=1S/C32H35NO6/c1-20(2)19-39-25-14-12-24(17-21(25)3)30(34)28-29(23-9-7-6-8-10-23)33(32(36)31(28)35)16-15-22-11-13-26(37-4)27(18-22)38-5/h6-14,17-18,20,29,34H,15-16,19H2,1-5H3/b30-28-. The van der Waals surface area contributed by atoms with Gasteiger partial charge in [0.25, 0.3) is 11.7 Å². The lowest BCUT2D eigenvalue weighted by molar-refractivity contribution is -0.139. The number of aryl methyl sites for hydroxylation is 1. The van der Waals surface area contributed by atoms with Crippen LogP contribution < -0.4 is 14.2 Å². The summed E-state index contributed by atoms with van der Waals surface area (Å²) >= 11 is 0. The van der Waals surface area contributed by atoms with Gasteiger partial charge in [-0.2, -0.15) is 0 Å². The second-order valence-corrected chi connectivity index (χ2v) is 10.0. The first-order chi connectivity index (χ1) is 18.7. The molecule has 1 aliphatic heterocycles. The maximum Gasteiger partial charge on any atom is 0.295 e. The number of likely N-dealkylation sites (tertiary alicyclic amines) is 1. The van der Waals surface area contributed by atoms with Crippen molar-refractivity contribution in [3.63, 3.8) is 0 Å². The van der Waals surface area contributed by atoms with E-state index < -0.39 is 17.7 Å². The van der Waals surface area contributed by atoms with Gasteiger partial charge in [0.15, 0.2) is 11.5 Å². The summed E-state index contributed by atoms with van der Waals surface area (Å²) in [4.78, 5) is 28.2. The van der Waals surface area contributed by atoms with Crippen LogP contribution in [0.3, 0.4) is 0 Å². The number of ketones is 1. The van der Waals surface area contributed by atoms with E-state index in [9.17, 15) is 14.7 Å². The van der Waals surface area contributed by atoms with E-state index in [0.717, 1.165) is 22.4 Å². The number of Topliss-reactive ketones (excluding diaryl/α,β-unsaturated/α-hetero) is 1. The lowest BCUT2D eigenvalue weighted by atomic mass is 9.94. The highest BCUT2D eigenvalue weighted by Crippen LogP contribution is 2.40. The van der Waals surface area contributed by atoms with E-state index >= 15 is 0 Å². The molecule has 1 unspecified atom stereocenters. The topological polar surface area (TPSA) is 85.3 Å². The van der Waals surface area contributed by atoms with Crippen LogP contribution in [0, 0.1) is 12.8 Å². The number of rotatable bonds is 10. The first-order valence-corrected chi connectivity index (χ1v) is 13.0. The van der Waals surface area contributed by atoms with Gasteiger partial charge >= 0.3 is 0 Å². The van der Waals surface area contributed by atoms with Crippen molar-refractivity contribution in [3.05, 3.63) is 94.6 Å². The molecule has 0 saturated carbocycles. The van der Waals surface area contributed by atoms with Gasteiger partial charge in [0.1, 0.15) is 11.5 Å². The fourth-order valence-electron chi connectivity index (χ4n) is 4.75. The molecule has 3 aromatic rings. The number of aliphatic hydroxyl groups excluding tert-OH is 1. The predicted molar refractivity (Wildman–Crippen MR) is 150 cm³/mol. The van der Waals surface area contributed by atoms with Crippen LogP contribution in [0.4, 0.5) is 0 Å². The van der Waals surface area contributed by atoms with Gasteiger partial charge in [-0.15, -0.1) is 0 Å². The van der Waals surface area contributed by atoms with Crippen LogP contribution in [0.1, 0.15) is 42.1 Å². The maximum atomic E-state index is 13.4. The van der Waals surface area contributed by atoms with Gasteiger partial charge in [0, 0.05) is 12.1 Å². The molecule has 1 N–H and O–H groups in total. The Morgan fingerprint density at radius 2 is 1.62 bits per heavy atom. The number of aliphatic hydroxyl groups is 1. The molecular formula is C32H35NO6. The number of carbonyl (C=O) groups excluding carboxylic acids is 2. The largest absolute Gasteiger partial charge is 0.507 e. The zero-order valence-corrected chi connectivity index (χ0v) is 23.1. The van der Waals surface area contributed by atoms with Crippen LogP contribution in [-0.2, 0) is 16.0 Å². The van der Waals surface area contributed by atoms with Crippen molar-refractivity contribution in [2.24, 2.45) is 5.92 Å². The van der Waals surface area contributed by atoms with Gasteiger partial charge in [-0.05, 0) is 66.3 Å². The van der Waals surface area contributed by atoms with Gasteiger partial charge in [-0.1, -0.05) is 50.2 Å². The monoisotopic (exact) mass is 529 g/mol. The Morgan fingerprint density at radius 1 is 0.923 bits per heavy atom. The Hall–Kier alpha value is -4.26. The van der Waals surface area contributed by atoms with Crippen LogP contribution >= 0.6 is 0 Å². The van der Waals surface area contributed by atoms with E-state index in [2.05, 4.69) is 13.8 Å². The Labute approximate surface area is 229 Å². The molecule has 0 bridgehead atoms. The molecule has 1 aliphatic rings. The van der Waals surface area contributed by atoms with Gasteiger partial charge in [-0.3, -0.25) is 9.59 Å². The molecule has 7 nitrogen and oxygen atoms in total. The van der Waals surface area contributed by atoms with E-state index in [1.54, 1.807) is 32.4 Å². The van der Waals surface area contributed by atoms with E-state index in [1.165, 1.54) is 4.90 Å². The number of methoxy groups -OCH3 is 2. The quantitative estimate of drug-likeness (QED) is 0.206. The Bertz CT molecular complexity index is 1380. The summed E-state index contributed by atoms with van der Waals surface area (Å²) in [6.45, 7) is 6.89. The number of hydrogen-bond acceptors (Lipinski definition) is 6. The summed E-state index contributed by atoms with van der Waals surface area (Å²) in [6.07, 6.45) is 0.484. The third-order valence-corrected chi connectivity index (χ3v) is 6.77. The first-order valence-electron chi connectivity index (χ1n) is 13.0. The highest BCUT2D eigenvalue weighted by atomic mass is 16.5. The summed E-state index contributed by atoms with van der Waals surface area (Å²) in [5.41, 5.74) is 3.05. The lowest BCUT2D eigenvalue weighted by Crippen LogP contribution is -2.31. The first kappa shape index (κ1) is 27.8. The number of nitrogens with zero attached hydrogens (tertiary/aromatic N) is 1. The van der Waals surface area contributed by atoms with Crippen LogP contribution in [0.5, 0.6) is 17.2 Å². The SMILES string of the molecule is COc1ccc(CCN2C(=O)C(=O)/C(=C(\O)c3ccc(OCC(C)C)c(C)c3)C2c2ccccc2)cc1OC. The minimum atomic E-state index is -0.719. The normalized spacial score (nSPS) is 16.6. The Kier molecular flexibility index (Phi) is 8.59. The molecule has 1 heterocycles. The zero-order valence-electron chi connectivity index (χ0n) is 23.1. The van der Waals surface area contributed by atoms with Crippen LogP contribution in [0.2, 0.25) is 0 Å². The molecule has 1 fully saturated rings. The summed E-state index contributed by atoms with van der Waals surface area (Å²) in [5, 5.41) is 11.4. The van der Waals surface area contributed by atoms with E-state index in [1.807, 2.05) is 55.5 Å². The highest BCUT2D eigenvalue weighted by molar-refractivity contribution is 6.46. The van der Waals surface area contributed by atoms with Gasteiger partial charge in [-0.25, -0.2) is 0 Å².